The van der Waals surface area contributed by atoms with Gasteiger partial charge in [-0.3, -0.25) is 0 Å². The van der Waals surface area contributed by atoms with Crippen molar-refractivity contribution in [3.63, 3.8) is 0 Å². The monoisotopic (exact) mass is 528 g/mol. The first-order chi connectivity index (χ1) is 17.4. The van der Waals surface area contributed by atoms with Gasteiger partial charge >= 0.3 is 0 Å². The van der Waals surface area contributed by atoms with Crippen molar-refractivity contribution in [2.45, 2.75) is 95.8 Å². The molecule has 37 heavy (non-hydrogen) atoms. The van der Waals surface area contributed by atoms with E-state index in [-0.39, 0.29) is 28.4 Å². The summed E-state index contributed by atoms with van der Waals surface area (Å²) in [6, 6.07) is 16.1. The molecule has 0 N–H and O–H groups in total. The molecule has 2 fully saturated rings. The predicted molar refractivity (Wildman–Crippen MR) is 148 cm³/mol. The number of hydrogen-bond donors (Lipinski definition) is 0. The van der Waals surface area contributed by atoms with Crippen molar-refractivity contribution in [3.05, 3.63) is 59.7 Å². The Hall–Kier alpha value is -1.90. The summed E-state index contributed by atoms with van der Waals surface area (Å²) >= 11 is 0. The summed E-state index contributed by atoms with van der Waals surface area (Å²) in [7, 11) is -0.431. The lowest BCUT2D eigenvalue weighted by molar-refractivity contribution is -0.295. The topological polar surface area (TPSA) is 55.4 Å². The average Bonchev–Trinajstić information content (AvgIpc) is 2.86. The molecule has 6 nitrogen and oxygen atoms in total. The molecule has 204 valence electrons. The number of benzene rings is 2. The summed E-state index contributed by atoms with van der Waals surface area (Å²) < 4.78 is 37.4. The lowest BCUT2D eigenvalue weighted by Gasteiger charge is -2.48. The van der Waals surface area contributed by atoms with E-state index in [2.05, 4.69) is 60.2 Å². The number of fused-ring (bicyclic) bond motifs is 1. The number of hydrogen-bond acceptors (Lipinski definition) is 6. The first-order valence-electron chi connectivity index (χ1n) is 13.3. The van der Waals surface area contributed by atoms with Crippen LogP contribution in [0.2, 0.25) is 16.6 Å². The highest BCUT2D eigenvalue weighted by atomic mass is 28.4. The Morgan fingerprint density at radius 2 is 1.62 bits per heavy atom. The van der Waals surface area contributed by atoms with Crippen LogP contribution in [0.3, 0.4) is 0 Å². The summed E-state index contributed by atoms with van der Waals surface area (Å²) in [5.74, 6) is 1.40. The minimum Gasteiger partial charge on any atom is -0.493 e. The van der Waals surface area contributed by atoms with Crippen molar-refractivity contribution < 1.29 is 28.1 Å². The molecule has 4 unspecified atom stereocenters. The molecule has 2 aromatic rings. The lowest BCUT2D eigenvalue weighted by Crippen LogP contribution is -2.54. The molecule has 2 aromatic carbocycles. The predicted octanol–water partition coefficient (Wildman–Crippen LogP) is 7.04. The Morgan fingerprint density at radius 1 is 0.919 bits per heavy atom. The van der Waals surface area contributed by atoms with Crippen LogP contribution >= 0.6 is 0 Å². The van der Waals surface area contributed by atoms with Gasteiger partial charge < -0.3 is 28.1 Å². The first kappa shape index (κ1) is 28.1. The second-order valence-corrected chi connectivity index (χ2v) is 17.7. The quantitative estimate of drug-likeness (QED) is 0.359. The highest BCUT2D eigenvalue weighted by molar-refractivity contribution is 6.78. The van der Waals surface area contributed by atoms with Crippen molar-refractivity contribution in [1.82, 2.24) is 0 Å². The lowest BCUT2D eigenvalue weighted by atomic mass is 10.0. The molecule has 2 aliphatic heterocycles. The SMILES string of the molecule is COc1ccc(CO[Si](C)(C(C)(C)C)C(C)(C)C)cc1OC1CCOC2COC(c3ccccc3)OC21. The molecule has 4 atom stereocenters. The Labute approximate surface area is 223 Å². The minimum absolute atomic E-state index is 0.101. The van der Waals surface area contributed by atoms with Crippen molar-refractivity contribution in [3.8, 4) is 11.5 Å². The van der Waals surface area contributed by atoms with Crippen LogP contribution in [0.15, 0.2) is 48.5 Å². The minimum atomic E-state index is -2.10. The maximum absolute atomic E-state index is 6.79. The maximum atomic E-state index is 6.79. The molecule has 0 aromatic heterocycles. The van der Waals surface area contributed by atoms with Crippen LogP contribution in [-0.2, 0) is 25.2 Å². The fourth-order valence-corrected chi connectivity index (χ4v) is 8.85. The molecule has 4 rings (SSSR count). The van der Waals surface area contributed by atoms with Gasteiger partial charge in [0, 0.05) is 12.0 Å². The van der Waals surface area contributed by atoms with Gasteiger partial charge in [-0.2, -0.15) is 0 Å². The second kappa shape index (κ2) is 11.1. The van der Waals surface area contributed by atoms with E-state index in [0.29, 0.717) is 31.3 Å². The molecular formula is C30H44O6Si. The van der Waals surface area contributed by atoms with Crippen LogP contribution in [0.25, 0.3) is 0 Å². The zero-order valence-corrected chi connectivity index (χ0v) is 24.7. The Morgan fingerprint density at radius 3 is 2.27 bits per heavy atom. The largest absolute Gasteiger partial charge is 0.493 e. The van der Waals surface area contributed by atoms with Crippen LogP contribution < -0.4 is 9.47 Å². The fraction of sp³-hybridized carbons (Fsp3) is 0.600. The third-order valence-electron chi connectivity index (χ3n) is 8.13. The highest BCUT2D eigenvalue weighted by Crippen LogP contribution is 2.51. The van der Waals surface area contributed by atoms with Gasteiger partial charge in [0.1, 0.15) is 18.3 Å². The van der Waals surface area contributed by atoms with Gasteiger partial charge in [0.15, 0.2) is 17.8 Å². The van der Waals surface area contributed by atoms with E-state index in [1.807, 2.05) is 36.4 Å². The maximum Gasteiger partial charge on any atom is 0.200 e. The molecule has 0 amide bonds. The molecule has 7 heteroatoms. The normalized spacial score (nSPS) is 24.9. The smallest absolute Gasteiger partial charge is 0.200 e. The first-order valence-corrected chi connectivity index (χ1v) is 15.7. The van der Waals surface area contributed by atoms with Gasteiger partial charge in [-0.1, -0.05) is 77.9 Å². The summed E-state index contributed by atoms with van der Waals surface area (Å²) in [5.41, 5.74) is 2.06. The Bertz CT molecular complexity index is 1010. The van der Waals surface area contributed by atoms with Crippen LogP contribution in [-0.4, -0.2) is 47.0 Å². The van der Waals surface area contributed by atoms with Gasteiger partial charge in [-0.25, -0.2) is 0 Å². The molecule has 0 bridgehead atoms. The number of rotatable bonds is 7. The second-order valence-electron chi connectivity index (χ2n) is 12.3. The van der Waals surface area contributed by atoms with Gasteiger partial charge in [-0.15, -0.1) is 0 Å². The van der Waals surface area contributed by atoms with E-state index in [4.69, 9.17) is 28.1 Å². The molecule has 0 spiro atoms. The molecule has 2 aliphatic rings. The van der Waals surface area contributed by atoms with Gasteiger partial charge in [0.05, 0.1) is 26.9 Å². The van der Waals surface area contributed by atoms with E-state index in [0.717, 1.165) is 17.5 Å². The Balaban J connectivity index is 1.52. The summed E-state index contributed by atoms with van der Waals surface area (Å²) in [6.45, 7) is 17.7. The van der Waals surface area contributed by atoms with E-state index < -0.39 is 14.6 Å². The molecule has 2 heterocycles. The Kier molecular flexibility index (Phi) is 8.41. The van der Waals surface area contributed by atoms with Crippen LogP contribution in [0.1, 0.15) is 65.4 Å². The standard InChI is InChI=1S/C30H44O6Si/c1-29(2,3)37(8,30(4,5)6)34-19-21-14-15-23(31-7)25(18-21)35-24-16-17-32-26-20-33-28(36-27(24)26)22-12-10-9-11-13-22/h9-15,18,24,26-28H,16-17,19-20H2,1-8H3. The summed E-state index contributed by atoms with van der Waals surface area (Å²) in [5, 5.41) is 0.202. The highest BCUT2D eigenvalue weighted by Gasteiger charge is 2.51. The zero-order chi connectivity index (χ0) is 26.8. The zero-order valence-electron chi connectivity index (χ0n) is 23.7. The molecule has 0 aliphatic carbocycles. The molecule has 2 saturated heterocycles. The van der Waals surface area contributed by atoms with Crippen LogP contribution in [0.4, 0.5) is 0 Å². The number of ether oxygens (including phenoxy) is 5. The van der Waals surface area contributed by atoms with E-state index in [1.165, 1.54) is 0 Å². The van der Waals surface area contributed by atoms with Gasteiger partial charge in [0.25, 0.3) is 0 Å². The van der Waals surface area contributed by atoms with Crippen molar-refractivity contribution >= 4 is 8.32 Å². The van der Waals surface area contributed by atoms with Crippen molar-refractivity contribution in [2.75, 3.05) is 20.3 Å². The summed E-state index contributed by atoms with van der Waals surface area (Å²) in [6.07, 6.45) is -0.292. The van der Waals surface area contributed by atoms with E-state index in [9.17, 15) is 0 Å². The average molecular weight is 529 g/mol. The van der Waals surface area contributed by atoms with Crippen molar-refractivity contribution in [2.24, 2.45) is 0 Å². The molecule has 0 radical (unpaired) electrons. The van der Waals surface area contributed by atoms with E-state index in [1.54, 1.807) is 7.11 Å². The van der Waals surface area contributed by atoms with Gasteiger partial charge in [-0.05, 0) is 34.3 Å². The molecule has 0 saturated carbocycles. The molecular weight excluding hydrogens is 484 g/mol. The third-order valence-corrected chi connectivity index (χ3v) is 14.6. The fourth-order valence-electron chi connectivity index (χ4n) is 5.28. The third kappa shape index (κ3) is 6.07. The van der Waals surface area contributed by atoms with Crippen LogP contribution in [0.5, 0.6) is 11.5 Å². The van der Waals surface area contributed by atoms with Crippen LogP contribution in [0, 0.1) is 0 Å². The van der Waals surface area contributed by atoms with Gasteiger partial charge in [0.2, 0.25) is 8.32 Å². The van der Waals surface area contributed by atoms with E-state index >= 15 is 0 Å². The summed E-state index contributed by atoms with van der Waals surface area (Å²) in [4.78, 5) is 0. The number of methoxy groups -OCH3 is 1. The van der Waals surface area contributed by atoms with Crippen molar-refractivity contribution in [1.29, 1.82) is 0 Å².